The Kier molecular flexibility index (Phi) is 4.23. The molecule has 1 heterocycles. The van der Waals surface area contributed by atoms with Crippen LogP contribution in [-0.2, 0) is 13.2 Å². The van der Waals surface area contributed by atoms with Gasteiger partial charge in [0.2, 0.25) is 0 Å². The van der Waals surface area contributed by atoms with Crippen molar-refractivity contribution in [1.29, 1.82) is 0 Å². The molecule has 0 spiro atoms. The molecular weight excluding hydrogens is 242 g/mol. The quantitative estimate of drug-likeness (QED) is 0.866. The fourth-order valence-corrected chi connectivity index (χ4v) is 1.98. The highest BCUT2D eigenvalue weighted by Gasteiger charge is 2.15. The van der Waals surface area contributed by atoms with E-state index in [4.69, 9.17) is 4.74 Å². The second kappa shape index (κ2) is 6.09. The van der Waals surface area contributed by atoms with E-state index in [0.29, 0.717) is 11.3 Å². The summed E-state index contributed by atoms with van der Waals surface area (Å²) < 4.78 is 7.58. The zero-order chi connectivity index (χ0) is 13.7. The maximum atomic E-state index is 11.2. The number of ether oxygens (including phenoxy) is 1. The molecule has 0 radical (unpaired) electrons. The summed E-state index contributed by atoms with van der Waals surface area (Å²) >= 11 is 0. The molecule has 0 saturated carbocycles. The molecule has 19 heavy (non-hydrogen) atoms. The molecule has 4 heteroatoms. The minimum Gasteiger partial charge on any atom is -0.487 e. The van der Waals surface area contributed by atoms with Gasteiger partial charge in [-0.25, -0.2) is 4.79 Å². The lowest BCUT2D eigenvalue weighted by Crippen LogP contribution is -2.10. The first-order chi connectivity index (χ1) is 9.22. The highest BCUT2D eigenvalue weighted by atomic mass is 16.5. The minimum absolute atomic E-state index is 0.263. The van der Waals surface area contributed by atoms with Crippen LogP contribution in [0.1, 0.15) is 29.4 Å². The van der Waals surface area contributed by atoms with Crippen molar-refractivity contribution >= 4 is 5.97 Å². The van der Waals surface area contributed by atoms with Crippen LogP contribution in [0, 0.1) is 0 Å². The molecule has 0 amide bonds. The lowest BCUT2D eigenvalue weighted by molar-refractivity contribution is 0.0693. The highest BCUT2D eigenvalue weighted by molar-refractivity contribution is 5.89. The Morgan fingerprint density at radius 2 is 2.00 bits per heavy atom. The van der Waals surface area contributed by atoms with Crippen LogP contribution in [0.15, 0.2) is 42.6 Å². The van der Waals surface area contributed by atoms with Crippen molar-refractivity contribution in [2.45, 2.75) is 26.5 Å². The first kappa shape index (κ1) is 13.2. The number of aromatic carboxylic acids is 1. The first-order valence-corrected chi connectivity index (χ1v) is 6.31. The topological polar surface area (TPSA) is 51.5 Å². The summed E-state index contributed by atoms with van der Waals surface area (Å²) in [5.74, 6) is -0.176. The van der Waals surface area contributed by atoms with E-state index in [0.717, 1.165) is 18.7 Å². The summed E-state index contributed by atoms with van der Waals surface area (Å²) in [6.07, 6.45) is 2.75. The normalized spacial score (nSPS) is 10.4. The fraction of sp³-hybridized carbons (Fsp3) is 0.267. The third-order valence-electron chi connectivity index (χ3n) is 2.89. The van der Waals surface area contributed by atoms with E-state index < -0.39 is 5.97 Å². The van der Waals surface area contributed by atoms with Gasteiger partial charge in [0.25, 0.3) is 0 Å². The zero-order valence-corrected chi connectivity index (χ0v) is 10.9. The minimum atomic E-state index is -0.915. The summed E-state index contributed by atoms with van der Waals surface area (Å²) in [6, 6.07) is 11.0. The fourth-order valence-electron chi connectivity index (χ4n) is 1.98. The summed E-state index contributed by atoms with van der Waals surface area (Å²) in [4.78, 5) is 11.2. The third-order valence-corrected chi connectivity index (χ3v) is 2.89. The smallest absolute Gasteiger partial charge is 0.337 e. The molecule has 2 rings (SSSR count). The molecule has 0 aliphatic heterocycles. The Morgan fingerprint density at radius 1 is 1.26 bits per heavy atom. The van der Waals surface area contributed by atoms with E-state index in [1.807, 2.05) is 34.9 Å². The lowest BCUT2D eigenvalue weighted by Gasteiger charge is -2.11. The number of benzene rings is 1. The zero-order valence-electron chi connectivity index (χ0n) is 10.9. The summed E-state index contributed by atoms with van der Waals surface area (Å²) in [5, 5.41) is 9.18. The van der Waals surface area contributed by atoms with Gasteiger partial charge in [-0.2, -0.15) is 0 Å². The summed E-state index contributed by atoms with van der Waals surface area (Å²) in [5.41, 5.74) is 1.02. The predicted octanol–water partition coefficient (Wildman–Crippen LogP) is 3.18. The SMILES string of the molecule is CCCn1ccc(C(=O)O)c1COc1ccccc1. The van der Waals surface area contributed by atoms with Crippen molar-refractivity contribution in [3.8, 4) is 5.75 Å². The van der Waals surface area contributed by atoms with E-state index in [-0.39, 0.29) is 6.61 Å². The molecule has 1 aromatic carbocycles. The van der Waals surface area contributed by atoms with Gasteiger partial charge in [0.1, 0.15) is 12.4 Å². The predicted molar refractivity (Wildman–Crippen MR) is 72.5 cm³/mol. The van der Waals surface area contributed by atoms with Gasteiger partial charge >= 0.3 is 5.97 Å². The van der Waals surface area contributed by atoms with Gasteiger partial charge in [-0.3, -0.25) is 0 Å². The molecule has 4 nitrogen and oxygen atoms in total. The molecule has 1 aromatic heterocycles. The van der Waals surface area contributed by atoms with Gasteiger partial charge in [0, 0.05) is 12.7 Å². The number of carbonyl (C=O) groups is 1. The molecule has 1 N–H and O–H groups in total. The number of carboxylic acid groups (broad SMARTS) is 1. The van der Waals surface area contributed by atoms with Crippen molar-refractivity contribution in [1.82, 2.24) is 4.57 Å². The average Bonchev–Trinajstić information content (AvgIpc) is 2.81. The highest BCUT2D eigenvalue weighted by Crippen LogP contribution is 2.16. The van der Waals surface area contributed by atoms with E-state index in [1.165, 1.54) is 0 Å². The summed E-state index contributed by atoms with van der Waals surface area (Å²) in [6.45, 7) is 3.11. The largest absolute Gasteiger partial charge is 0.487 e. The maximum absolute atomic E-state index is 11.2. The second-order valence-electron chi connectivity index (χ2n) is 4.28. The van der Waals surface area contributed by atoms with Crippen molar-refractivity contribution in [2.24, 2.45) is 0 Å². The van der Waals surface area contributed by atoms with Gasteiger partial charge < -0.3 is 14.4 Å². The monoisotopic (exact) mass is 259 g/mol. The van der Waals surface area contributed by atoms with Crippen LogP contribution in [0.3, 0.4) is 0 Å². The number of aromatic nitrogens is 1. The Hall–Kier alpha value is -2.23. The number of hydrogen-bond donors (Lipinski definition) is 1. The molecule has 0 aliphatic carbocycles. The van der Waals surface area contributed by atoms with Gasteiger partial charge in [0.15, 0.2) is 0 Å². The number of aryl methyl sites for hydroxylation is 1. The van der Waals surface area contributed by atoms with E-state index in [9.17, 15) is 9.90 Å². The third kappa shape index (κ3) is 3.16. The summed E-state index contributed by atoms with van der Waals surface area (Å²) in [7, 11) is 0. The van der Waals surface area contributed by atoms with E-state index >= 15 is 0 Å². The molecule has 0 unspecified atom stereocenters. The van der Waals surface area contributed by atoms with Crippen LogP contribution in [-0.4, -0.2) is 15.6 Å². The van der Waals surface area contributed by atoms with Crippen LogP contribution in [0.25, 0.3) is 0 Å². The van der Waals surface area contributed by atoms with Crippen molar-refractivity contribution < 1.29 is 14.6 Å². The van der Waals surface area contributed by atoms with Crippen molar-refractivity contribution in [3.05, 3.63) is 53.9 Å². The van der Waals surface area contributed by atoms with Crippen LogP contribution in [0.5, 0.6) is 5.75 Å². The second-order valence-corrected chi connectivity index (χ2v) is 4.28. The van der Waals surface area contributed by atoms with E-state index in [1.54, 1.807) is 12.3 Å². The van der Waals surface area contributed by atoms with Gasteiger partial charge in [-0.1, -0.05) is 25.1 Å². The van der Waals surface area contributed by atoms with Gasteiger partial charge in [-0.05, 0) is 24.6 Å². The van der Waals surface area contributed by atoms with Crippen LogP contribution >= 0.6 is 0 Å². The molecule has 2 aromatic rings. The number of para-hydroxylation sites is 1. The molecule has 0 bridgehead atoms. The standard InChI is InChI=1S/C15H17NO3/c1-2-9-16-10-8-13(15(17)18)14(16)11-19-12-6-4-3-5-7-12/h3-8,10H,2,9,11H2,1H3,(H,17,18). The molecule has 0 fully saturated rings. The van der Waals surface area contributed by atoms with Crippen LogP contribution in [0.2, 0.25) is 0 Å². The molecule has 0 aliphatic rings. The lowest BCUT2D eigenvalue weighted by atomic mass is 10.2. The van der Waals surface area contributed by atoms with Crippen molar-refractivity contribution in [3.63, 3.8) is 0 Å². The number of hydrogen-bond acceptors (Lipinski definition) is 2. The molecule has 100 valence electrons. The van der Waals surface area contributed by atoms with Gasteiger partial charge in [-0.15, -0.1) is 0 Å². The van der Waals surface area contributed by atoms with Crippen LogP contribution < -0.4 is 4.74 Å². The Morgan fingerprint density at radius 3 is 2.63 bits per heavy atom. The Labute approximate surface area is 112 Å². The molecule has 0 atom stereocenters. The number of carboxylic acids is 1. The van der Waals surface area contributed by atoms with Crippen LogP contribution in [0.4, 0.5) is 0 Å². The number of rotatable bonds is 6. The van der Waals surface area contributed by atoms with E-state index in [2.05, 4.69) is 6.92 Å². The average molecular weight is 259 g/mol. The van der Waals surface area contributed by atoms with Gasteiger partial charge in [0.05, 0.1) is 11.3 Å². The Balaban J connectivity index is 2.17. The Bertz CT molecular complexity index is 546. The first-order valence-electron chi connectivity index (χ1n) is 6.31. The maximum Gasteiger partial charge on any atom is 0.337 e. The van der Waals surface area contributed by atoms with Crippen molar-refractivity contribution in [2.75, 3.05) is 0 Å². The molecular formula is C15H17NO3. The number of nitrogens with zero attached hydrogens (tertiary/aromatic N) is 1. The molecule has 0 saturated heterocycles.